The van der Waals surface area contributed by atoms with E-state index in [-0.39, 0.29) is 18.7 Å². The minimum absolute atomic E-state index is 0.00639. The fourth-order valence-electron chi connectivity index (χ4n) is 3.53. The van der Waals surface area contributed by atoms with E-state index in [0.29, 0.717) is 30.2 Å². The fourth-order valence-corrected chi connectivity index (χ4v) is 3.53. The van der Waals surface area contributed by atoms with Crippen LogP contribution in [0.4, 0.5) is 17.6 Å². The summed E-state index contributed by atoms with van der Waals surface area (Å²) in [6, 6.07) is 11.6. The number of benzene rings is 3. The van der Waals surface area contributed by atoms with Crippen molar-refractivity contribution < 1.29 is 37.0 Å². The van der Waals surface area contributed by atoms with Crippen LogP contribution in [0.25, 0.3) is 0 Å². The summed E-state index contributed by atoms with van der Waals surface area (Å²) in [6.07, 6.45) is -1.82. The fraction of sp³-hybridized carbons (Fsp3) is 0.231. The second-order valence-electron chi connectivity index (χ2n) is 7.80. The molecule has 1 amide bonds. The summed E-state index contributed by atoms with van der Waals surface area (Å²) >= 11 is 0. The molecular weight excluding hydrogens is 466 g/mol. The summed E-state index contributed by atoms with van der Waals surface area (Å²) in [6.45, 7) is 1.77. The molecule has 0 fully saturated rings. The Bertz CT molecular complexity index is 1230. The van der Waals surface area contributed by atoms with Crippen LogP contribution in [0.15, 0.2) is 54.6 Å². The molecule has 3 aromatic carbocycles. The van der Waals surface area contributed by atoms with Crippen LogP contribution in [0, 0.1) is 11.6 Å². The van der Waals surface area contributed by atoms with Gasteiger partial charge in [0.1, 0.15) is 23.1 Å². The Morgan fingerprint density at radius 1 is 0.971 bits per heavy atom. The molecule has 184 valence electrons. The maximum atomic E-state index is 14.2. The Hall–Kier alpha value is -3.88. The van der Waals surface area contributed by atoms with Gasteiger partial charge in [0.2, 0.25) is 0 Å². The first-order valence-electron chi connectivity index (χ1n) is 10.8. The zero-order valence-corrected chi connectivity index (χ0v) is 18.8. The molecule has 3 aromatic rings. The Labute approximate surface area is 199 Å². The number of hydrogen-bond acceptors (Lipinski definition) is 3. The number of halogens is 4. The van der Waals surface area contributed by atoms with Gasteiger partial charge in [0.25, 0.3) is 12.3 Å². The summed E-state index contributed by atoms with van der Waals surface area (Å²) < 4.78 is 59.3. The lowest BCUT2D eigenvalue weighted by Gasteiger charge is -2.13. The molecule has 0 saturated carbocycles. The molecule has 0 aliphatic heterocycles. The van der Waals surface area contributed by atoms with E-state index in [1.165, 1.54) is 12.1 Å². The van der Waals surface area contributed by atoms with Gasteiger partial charge < -0.3 is 15.2 Å². The Balaban J connectivity index is 1.70. The molecule has 0 spiro atoms. The molecule has 35 heavy (non-hydrogen) atoms. The number of aliphatic carboxylic acids is 1. The molecule has 0 bridgehead atoms. The lowest BCUT2D eigenvalue weighted by Crippen LogP contribution is -2.24. The van der Waals surface area contributed by atoms with Crippen molar-refractivity contribution >= 4 is 11.9 Å². The number of carbonyl (C=O) groups excluding carboxylic acids is 1. The third-order valence-corrected chi connectivity index (χ3v) is 5.28. The van der Waals surface area contributed by atoms with Gasteiger partial charge in [-0.25, -0.2) is 17.6 Å². The van der Waals surface area contributed by atoms with Crippen molar-refractivity contribution in [3.63, 3.8) is 0 Å². The van der Waals surface area contributed by atoms with Crippen molar-refractivity contribution in [2.24, 2.45) is 0 Å². The van der Waals surface area contributed by atoms with Crippen molar-refractivity contribution in [1.29, 1.82) is 0 Å². The third-order valence-electron chi connectivity index (χ3n) is 5.28. The van der Waals surface area contributed by atoms with Gasteiger partial charge in [-0.15, -0.1) is 0 Å². The lowest BCUT2D eigenvalue weighted by molar-refractivity contribution is -0.136. The number of nitrogens with one attached hydrogen (secondary N) is 1. The molecule has 0 aliphatic carbocycles. The van der Waals surface area contributed by atoms with Crippen LogP contribution in [0.2, 0.25) is 0 Å². The van der Waals surface area contributed by atoms with Gasteiger partial charge in [-0.1, -0.05) is 19.1 Å². The highest BCUT2D eigenvalue weighted by Gasteiger charge is 2.16. The van der Waals surface area contributed by atoms with Crippen LogP contribution in [0.1, 0.15) is 52.4 Å². The summed E-state index contributed by atoms with van der Waals surface area (Å²) in [5.74, 6) is -2.82. The standard InChI is InChI=1S/C26H23F4NO4/c1-2-16-11-20(6-3-17(16)5-8-24(32)33)35-21-10-15(9-19(27)13-21)14-31-26(34)22-7-4-18(25(29)30)12-23(22)28/h3-4,6-7,9-13,25H,2,5,8,14H2,1H3,(H,31,34)(H,32,33). The monoisotopic (exact) mass is 489 g/mol. The first-order valence-corrected chi connectivity index (χ1v) is 10.8. The van der Waals surface area contributed by atoms with E-state index in [2.05, 4.69) is 5.32 Å². The van der Waals surface area contributed by atoms with Crippen molar-refractivity contribution in [3.05, 3.63) is 94.0 Å². The second-order valence-corrected chi connectivity index (χ2v) is 7.80. The van der Waals surface area contributed by atoms with Gasteiger partial charge in [-0.3, -0.25) is 9.59 Å². The predicted octanol–water partition coefficient (Wildman–Crippen LogP) is 6.20. The van der Waals surface area contributed by atoms with Gasteiger partial charge >= 0.3 is 5.97 Å². The maximum Gasteiger partial charge on any atom is 0.303 e. The minimum atomic E-state index is -2.86. The van der Waals surface area contributed by atoms with Crippen LogP contribution in [0.3, 0.4) is 0 Å². The predicted molar refractivity (Wildman–Crippen MR) is 121 cm³/mol. The number of aryl methyl sites for hydroxylation is 2. The number of ether oxygens (including phenoxy) is 1. The zero-order valence-electron chi connectivity index (χ0n) is 18.8. The van der Waals surface area contributed by atoms with E-state index in [9.17, 15) is 27.2 Å². The van der Waals surface area contributed by atoms with Gasteiger partial charge in [-0.2, -0.15) is 0 Å². The number of carboxylic acid groups (broad SMARTS) is 1. The highest BCUT2D eigenvalue weighted by molar-refractivity contribution is 5.94. The number of hydrogen-bond donors (Lipinski definition) is 2. The molecular formula is C26H23F4NO4. The molecule has 0 unspecified atom stereocenters. The Morgan fingerprint density at radius 2 is 1.74 bits per heavy atom. The number of alkyl halides is 2. The topological polar surface area (TPSA) is 75.6 Å². The Morgan fingerprint density at radius 3 is 2.40 bits per heavy atom. The van der Waals surface area contributed by atoms with Crippen LogP contribution < -0.4 is 10.1 Å². The van der Waals surface area contributed by atoms with Crippen LogP contribution in [0.5, 0.6) is 11.5 Å². The molecule has 0 saturated heterocycles. The quantitative estimate of drug-likeness (QED) is 0.332. The number of rotatable bonds is 10. The molecule has 3 rings (SSSR count). The first kappa shape index (κ1) is 25.7. The summed E-state index contributed by atoms with van der Waals surface area (Å²) in [5, 5.41) is 11.3. The van der Waals surface area contributed by atoms with Crippen molar-refractivity contribution in [3.8, 4) is 11.5 Å². The van der Waals surface area contributed by atoms with Crippen molar-refractivity contribution in [2.45, 2.75) is 39.2 Å². The van der Waals surface area contributed by atoms with E-state index in [1.807, 2.05) is 6.92 Å². The normalized spacial score (nSPS) is 10.9. The second kappa shape index (κ2) is 11.5. The molecule has 0 radical (unpaired) electrons. The molecule has 0 aliphatic rings. The van der Waals surface area contributed by atoms with Gasteiger partial charge in [-0.05, 0) is 65.9 Å². The zero-order chi connectivity index (χ0) is 25.5. The van der Waals surface area contributed by atoms with Gasteiger partial charge in [0.05, 0.1) is 5.56 Å². The molecule has 9 heteroatoms. The summed E-state index contributed by atoms with van der Waals surface area (Å²) in [7, 11) is 0. The van der Waals surface area contributed by atoms with Crippen molar-refractivity contribution in [2.75, 3.05) is 0 Å². The van der Waals surface area contributed by atoms with Crippen LogP contribution >= 0.6 is 0 Å². The molecule has 0 heterocycles. The first-order chi connectivity index (χ1) is 16.7. The minimum Gasteiger partial charge on any atom is -0.481 e. The van der Waals surface area contributed by atoms with Crippen LogP contribution in [-0.4, -0.2) is 17.0 Å². The molecule has 2 N–H and O–H groups in total. The van der Waals surface area contributed by atoms with E-state index in [0.717, 1.165) is 29.3 Å². The number of amides is 1. The van der Waals surface area contributed by atoms with Crippen LogP contribution in [-0.2, 0) is 24.2 Å². The summed E-state index contributed by atoms with van der Waals surface area (Å²) in [5.41, 5.74) is 1.20. The number of carbonyl (C=O) groups is 2. The largest absolute Gasteiger partial charge is 0.481 e. The number of carboxylic acids is 1. The Kier molecular flexibility index (Phi) is 8.46. The maximum absolute atomic E-state index is 14.2. The highest BCUT2D eigenvalue weighted by atomic mass is 19.3. The summed E-state index contributed by atoms with van der Waals surface area (Å²) in [4.78, 5) is 23.1. The van der Waals surface area contributed by atoms with E-state index in [4.69, 9.17) is 9.84 Å². The smallest absolute Gasteiger partial charge is 0.303 e. The highest BCUT2D eigenvalue weighted by Crippen LogP contribution is 2.27. The molecule has 0 aromatic heterocycles. The average molecular weight is 489 g/mol. The van der Waals surface area contributed by atoms with E-state index < -0.39 is 41.1 Å². The van der Waals surface area contributed by atoms with Gasteiger partial charge in [0, 0.05) is 24.6 Å². The third kappa shape index (κ3) is 7.05. The molecule has 0 atom stereocenters. The van der Waals surface area contributed by atoms with E-state index in [1.54, 1.807) is 18.2 Å². The van der Waals surface area contributed by atoms with Crippen molar-refractivity contribution in [1.82, 2.24) is 5.32 Å². The van der Waals surface area contributed by atoms with E-state index >= 15 is 0 Å². The SMILES string of the molecule is CCc1cc(Oc2cc(F)cc(CNC(=O)c3ccc(C(F)F)cc3F)c2)ccc1CCC(=O)O. The average Bonchev–Trinajstić information content (AvgIpc) is 2.81. The lowest BCUT2D eigenvalue weighted by atomic mass is 10.0. The molecule has 5 nitrogen and oxygen atoms in total. The van der Waals surface area contributed by atoms with Gasteiger partial charge in [0.15, 0.2) is 0 Å².